The Morgan fingerprint density at radius 2 is 1.66 bits per heavy atom. The number of piperidine rings is 1. The number of nitrogens with zero attached hydrogens (tertiary/aromatic N) is 6. The fourth-order valence-corrected chi connectivity index (χ4v) is 4.96. The first-order chi connectivity index (χ1) is 17.0. The Morgan fingerprint density at radius 1 is 0.943 bits per heavy atom. The third-order valence-corrected chi connectivity index (χ3v) is 6.93. The predicted molar refractivity (Wildman–Crippen MR) is 140 cm³/mol. The number of hydrogen-bond donors (Lipinski definition) is 0. The highest BCUT2D eigenvalue weighted by molar-refractivity contribution is 5.92. The van der Waals surface area contributed by atoms with Gasteiger partial charge in [0.25, 0.3) is 0 Å². The summed E-state index contributed by atoms with van der Waals surface area (Å²) in [6.07, 6.45) is 2.31. The zero-order valence-corrected chi connectivity index (χ0v) is 21.1. The van der Waals surface area contributed by atoms with Gasteiger partial charge in [-0.3, -0.25) is 4.90 Å². The van der Waals surface area contributed by atoms with Crippen molar-refractivity contribution in [1.82, 2.24) is 24.9 Å². The Morgan fingerprint density at radius 3 is 2.40 bits per heavy atom. The molecule has 1 aliphatic rings. The van der Waals surface area contributed by atoms with Gasteiger partial charge < -0.3 is 9.64 Å². The maximum absolute atomic E-state index is 6.42. The Balaban J connectivity index is 1.30. The molecule has 1 saturated heterocycles. The number of aromatic nitrogens is 4. The van der Waals surface area contributed by atoms with E-state index in [-0.39, 0.29) is 0 Å². The van der Waals surface area contributed by atoms with Crippen molar-refractivity contribution in [3.05, 3.63) is 71.5 Å². The molecule has 0 radical (unpaired) electrons. The van der Waals surface area contributed by atoms with Crippen LogP contribution in [0.15, 0.2) is 54.6 Å². The Labute approximate surface area is 207 Å². The summed E-state index contributed by atoms with van der Waals surface area (Å²) in [6.45, 7) is 8.05. The van der Waals surface area contributed by atoms with Crippen LogP contribution in [0.4, 0.5) is 5.82 Å². The van der Waals surface area contributed by atoms with Crippen LogP contribution in [0, 0.1) is 19.8 Å². The lowest BCUT2D eigenvalue weighted by Gasteiger charge is -2.32. The van der Waals surface area contributed by atoms with Gasteiger partial charge in [-0.25, -0.2) is 4.68 Å². The molecule has 182 valence electrons. The second-order valence-electron chi connectivity index (χ2n) is 9.71. The first-order valence-corrected chi connectivity index (χ1v) is 12.4. The molecule has 5 rings (SSSR count). The average molecular weight is 471 g/mol. The fourth-order valence-electron chi connectivity index (χ4n) is 4.96. The molecule has 3 heterocycles. The number of rotatable bonds is 7. The molecule has 35 heavy (non-hydrogen) atoms. The number of likely N-dealkylation sites (tertiary alicyclic amines) is 1. The van der Waals surface area contributed by atoms with Gasteiger partial charge in [0.15, 0.2) is 5.82 Å². The number of aryl methyl sites for hydroxylation is 2. The molecule has 0 saturated carbocycles. The van der Waals surface area contributed by atoms with Crippen LogP contribution in [0.25, 0.3) is 16.6 Å². The summed E-state index contributed by atoms with van der Waals surface area (Å²) in [5.74, 6) is 2.19. The molecule has 0 spiro atoms. The third-order valence-electron chi connectivity index (χ3n) is 6.93. The van der Waals surface area contributed by atoms with Crippen molar-refractivity contribution >= 4 is 16.7 Å². The Bertz CT molecular complexity index is 1290. The van der Waals surface area contributed by atoms with E-state index in [1.54, 1.807) is 0 Å². The van der Waals surface area contributed by atoms with Crippen molar-refractivity contribution < 1.29 is 4.74 Å². The SMILES string of the molecule is Cc1nnc(N(C)C)c2nn(-c3ccccc3OCC3CCN(Cc4ccccc4)CC3)c(C)c12. The summed E-state index contributed by atoms with van der Waals surface area (Å²) >= 11 is 0. The largest absolute Gasteiger partial charge is 0.491 e. The molecule has 0 N–H and O–H groups in total. The summed E-state index contributed by atoms with van der Waals surface area (Å²) in [6, 6.07) is 18.9. The van der Waals surface area contributed by atoms with E-state index in [0.717, 1.165) is 78.6 Å². The smallest absolute Gasteiger partial charge is 0.179 e. The zero-order valence-electron chi connectivity index (χ0n) is 21.1. The topological polar surface area (TPSA) is 59.3 Å². The minimum Gasteiger partial charge on any atom is -0.491 e. The van der Waals surface area contributed by atoms with Gasteiger partial charge in [0.2, 0.25) is 0 Å². The monoisotopic (exact) mass is 470 g/mol. The maximum Gasteiger partial charge on any atom is 0.179 e. The standard InChI is InChI=1S/C28H34N6O/c1-20-26-21(2)34(31-27(26)28(30-29-20)32(3)4)24-12-8-9-13-25(24)35-19-23-14-16-33(17-15-23)18-22-10-6-5-7-11-22/h5-13,23H,14-19H2,1-4H3. The van der Waals surface area contributed by atoms with Crippen molar-refractivity contribution in [2.45, 2.75) is 33.2 Å². The highest BCUT2D eigenvalue weighted by Crippen LogP contribution is 2.32. The quantitative estimate of drug-likeness (QED) is 0.387. The van der Waals surface area contributed by atoms with E-state index >= 15 is 0 Å². The molecular weight excluding hydrogens is 436 g/mol. The van der Waals surface area contributed by atoms with Crippen LogP contribution in [-0.2, 0) is 6.54 Å². The average Bonchev–Trinajstić information content (AvgIpc) is 3.22. The lowest BCUT2D eigenvalue weighted by Crippen LogP contribution is -2.35. The normalized spacial score (nSPS) is 15.0. The molecule has 0 atom stereocenters. The lowest BCUT2D eigenvalue weighted by atomic mass is 9.97. The molecule has 4 aromatic rings. The van der Waals surface area contributed by atoms with Gasteiger partial charge in [0.05, 0.1) is 23.4 Å². The van der Waals surface area contributed by atoms with Crippen LogP contribution >= 0.6 is 0 Å². The second-order valence-corrected chi connectivity index (χ2v) is 9.71. The molecule has 7 nitrogen and oxygen atoms in total. The number of fused-ring (bicyclic) bond motifs is 1. The summed E-state index contributed by atoms with van der Waals surface area (Å²) in [4.78, 5) is 4.50. The van der Waals surface area contributed by atoms with Crippen LogP contribution in [0.2, 0.25) is 0 Å². The molecule has 7 heteroatoms. The molecule has 0 aliphatic carbocycles. The molecule has 1 fully saturated rings. The van der Waals surface area contributed by atoms with Crippen molar-refractivity contribution in [2.75, 3.05) is 38.7 Å². The Hall–Kier alpha value is -3.45. The molecular formula is C28H34N6O. The van der Waals surface area contributed by atoms with E-state index in [1.165, 1.54) is 5.56 Å². The third kappa shape index (κ3) is 4.86. The van der Waals surface area contributed by atoms with Gasteiger partial charge in [-0.05, 0) is 63.4 Å². The molecule has 0 bridgehead atoms. The number of para-hydroxylation sites is 2. The van der Waals surface area contributed by atoms with Gasteiger partial charge in [0.1, 0.15) is 17.0 Å². The summed E-state index contributed by atoms with van der Waals surface area (Å²) < 4.78 is 8.40. The Kier molecular flexibility index (Phi) is 6.68. The highest BCUT2D eigenvalue weighted by atomic mass is 16.5. The van der Waals surface area contributed by atoms with Crippen LogP contribution in [0.5, 0.6) is 5.75 Å². The first-order valence-electron chi connectivity index (χ1n) is 12.4. The van der Waals surface area contributed by atoms with E-state index in [4.69, 9.17) is 9.84 Å². The van der Waals surface area contributed by atoms with Crippen LogP contribution in [-0.4, -0.2) is 58.7 Å². The molecule has 0 amide bonds. The van der Waals surface area contributed by atoms with Crippen molar-refractivity contribution in [1.29, 1.82) is 0 Å². The van der Waals surface area contributed by atoms with Crippen LogP contribution < -0.4 is 9.64 Å². The summed E-state index contributed by atoms with van der Waals surface area (Å²) in [5.41, 5.74) is 5.12. The highest BCUT2D eigenvalue weighted by Gasteiger charge is 2.22. The van der Waals surface area contributed by atoms with E-state index in [2.05, 4.69) is 58.4 Å². The zero-order chi connectivity index (χ0) is 24.4. The molecule has 0 unspecified atom stereocenters. The lowest BCUT2D eigenvalue weighted by molar-refractivity contribution is 0.136. The van der Waals surface area contributed by atoms with Gasteiger partial charge in [0, 0.05) is 20.6 Å². The van der Waals surface area contributed by atoms with Crippen LogP contribution in [0.3, 0.4) is 0 Å². The number of anilines is 1. The van der Waals surface area contributed by atoms with E-state index in [9.17, 15) is 0 Å². The maximum atomic E-state index is 6.42. The first kappa shape index (κ1) is 23.3. The van der Waals surface area contributed by atoms with Crippen molar-refractivity contribution in [2.24, 2.45) is 5.92 Å². The van der Waals surface area contributed by atoms with Gasteiger partial charge in [-0.1, -0.05) is 42.5 Å². The minimum atomic E-state index is 0.559. The number of ether oxygens (including phenoxy) is 1. The van der Waals surface area contributed by atoms with Crippen molar-refractivity contribution in [3.63, 3.8) is 0 Å². The predicted octanol–water partition coefficient (Wildman–Crippen LogP) is 4.79. The van der Waals surface area contributed by atoms with Gasteiger partial charge in [-0.15, -0.1) is 5.10 Å². The van der Waals surface area contributed by atoms with Gasteiger partial charge in [-0.2, -0.15) is 10.2 Å². The van der Waals surface area contributed by atoms with Crippen LogP contribution in [0.1, 0.15) is 29.8 Å². The summed E-state index contributed by atoms with van der Waals surface area (Å²) in [7, 11) is 3.94. The van der Waals surface area contributed by atoms with E-state index in [1.807, 2.05) is 48.8 Å². The molecule has 2 aromatic carbocycles. The molecule has 1 aliphatic heterocycles. The fraction of sp³-hybridized carbons (Fsp3) is 0.393. The number of benzene rings is 2. The minimum absolute atomic E-state index is 0.559. The van der Waals surface area contributed by atoms with E-state index < -0.39 is 0 Å². The van der Waals surface area contributed by atoms with E-state index in [0.29, 0.717) is 5.92 Å². The van der Waals surface area contributed by atoms with Gasteiger partial charge >= 0.3 is 0 Å². The van der Waals surface area contributed by atoms with Crippen molar-refractivity contribution in [3.8, 4) is 11.4 Å². The second kappa shape index (κ2) is 10.0. The summed E-state index contributed by atoms with van der Waals surface area (Å²) in [5, 5.41) is 14.7. The number of hydrogen-bond acceptors (Lipinski definition) is 6. The molecule has 2 aromatic heterocycles.